The molecule has 4 heterocycles. The number of amides is 1. The molecule has 0 spiro atoms. The number of carbonyl (C=O) groups excluding carboxylic acids is 1. The minimum atomic E-state index is -4.58. The lowest BCUT2D eigenvalue weighted by molar-refractivity contribution is -0.141. The van der Waals surface area contributed by atoms with E-state index < -0.39 is 35.7 Å². The Bertz CT molecular complexity index is 1280. The zero-order chi connectivity index (χ0) is 24.2. The second kappa shape index (κ2) is 8.17. The number of fused-ring (bicyclic) bond motifs is 3. The molecule has 0 radical (unpaired) electrons. The summed E-state index contributed by atoms with van der Waals surface area (Å²) in [6, 6.07) is 3.53. The number of pyridine rings is 2. The Balaban J connectivity index is 1.55. The number of nitrogens with zero attached hydrogens (tertiary/aromatic N) is 3. The lowest BCUT2D eigenvalue weighted by atomic mass is 9.99. The second-order valence-corrected chi connectivity index (χ2v) is 8.39. The molecule has 0 aliphatic carbocycles. The number of benzene rings is 1. The first-order chi connectivity index (χ1) is 16.1. The molecule has 7 nitrogen and oxygen atoms in total. The van der Waals surface area contributed by atoms with Gasteiger partial charge in [-0.1, -0.05) is 6.07 Å². The normalized spacial score (nSPS) is 20.6. The number of nitrogens with two attached hydrogens (primary N) is 1. The standard InChI is InChI=1S/C23H20F4N4O3/c1-11-7-33-10-19(12-2-3-20(29-6-12)23(25,26)27)31(11)22(32)14-4-13-15-8-34-9-16(15)21(28)30-18(13)5-17(14)24/h2-6,11,19H,7-10H2,1H3,(H2,28,30)/t11-,19-/m0/s1. The third kappa shape index (κ3) is 3.74. The van der Waals surface area contributed by atoms with E-state index >= 15 is 4.39 Å². The minimum absolute atomic E-state index is 0.0413. The fourth-order valence-corrected chi connectivity index (χ4v) is 4.48. The van der Waals surface area contributed by atoms with Gasteiger partial charge in [-0.15, -0.1) is 0 Å². The summed E-state index contributed by atoms with van der Waals surface area (Å²) in [5.41, 5.74) is 6.89. The maximum Gasteiger partial charge on any atom is 0.433 e. The predicted molar refractivity (Wildman–Crippen MR) is 113 cm³/mol. The number of alkyl halides is 3. The lowest BCUT2D eigenvalue weighted by Crippen LogP contribution is -2.49. The Kier molecular flexibility index (Phi) is 5.40. The summed E-state index contributed by atoms with van der Waals surface area (Å²) in [4.78, 5) is 22.8. The average Bonchev–Trinajstić information content (AvgIpc) is 3.29. The first kappa shape index (κ1) is 22.5. The minimum Gasteiger partial charge on any atom is -0.383 e. The fraction of sp³-hybridized carbons (Fsp3) is 0.348. The molecule has 11 heteroatoms. The van der Waals surface area contributed by atoms with Crippen LogP contribution in [-0.2, 0) is 28.9 Å². The van der Waals surface area contributed by atoms with E-state index in [0.717, 1.165) is 23.9 Å². The molecule has 2 N–H and O–H groups in total. The number of hydrogen-bond acceptors (Lipinski definition) is 6. The van der Waals surface area contributed by atoms with Gasteiger partial charge in [0.1, 0.15) is 17.3 Å². The maximum absolute atomic E-state index is 15.1. The molecule has 1 fully saturated rings. The number of hydrogen-bond donors (Lipinski definition) is 1. The number of aromatic nitrogens is 2. The van der Waals surface area contributed by atoms with Crippen molar-refractivity contribution in [1.29, 1.82) is 0 Å². The van der Waals surface area contributed by atoms with Gasteiger partial charge in [-0.05, 0) is 30.2 Å². The molecule has 2 atom stereocenters. The Morgan fingerprint density at radius 2 is 1.91 bits per heavy atom. The molecule has 3 aromatic rings. The van der Waals surface area contributed by atoms with E-state index in [1.165, 1.54) is 17.0 Å². The number of rotatable bonds is 2. The van der Waals surface area contributed by atoms with Crippen molar-refractivity contribution in [2.24, 2.45) is 0 Å². The molecule has 2 aliphatic rings. The number of ether oxygens (including phenoxy) is 2. The molecule has 1 aromatic carbocycles. The van der Waals surface area contributed by atoms with Crippen molar-refractivity contribution < 1.29 is 31.8 Å². The molecular formula is C23H20F4N4O3. The molecule has 5 rings (SSSR count). The molecule has 0 saturated carbocycles. The molecule has 0 bridgehead atoms. The first-order valence-electron chi connectivity index (χ1n) is 10.6. The van der Waals surface area contributed by atoms with Gasteiger partial charge >= 0.3 is 6.18 Å². The zero-order valence-corrected chi connectivity index (χ0v) is 18.0. The van der Waals surface area contributed by atoms with Crippen LogP contribution in [0.4, 0.5) is 23.4 Å². The summed E-state index contributed by atoms with van der Waals surface area (Å²) in [7, 11) is 0. The van der Waals surface area contributed by atoms with Gasteiger partial charge in [0.15, 0.2) is 0 Å². The topological polar surface area (TPSA) is 90.6 Å². The SMILES string of the molecule is C[C@H]1COC[C@@H](c2ccc(C(F)(F)F)nc2)N1C(=O)c1cc2c3c(c(N)nc2cc1F)COC3. The summed E-state index contributed by atoms with van der Waals surface area (Å²) in [5, 5.41) is 0.570. The highest BCUT2D eigenvalue weighted by Gasteiger charge is 2.37. The van der Waals surface area contributed by atoms with Crippen LogP contribution in [0, 0.1) is 5.82 Å². The summed E-state index contributed by atoms with van der Waals surface area (Å²) in [6.45, 7) is 2.53. The number of nitrogen functional groups attached to an aromatic ring is 1. The maximum atomic E-state index is 15.1. The Hall–Kier alpha value is -3.31. The van der Waals surface area contributed by atoms with Crippen LogP contribution in [0.15, 0.2) is 30.5 Å². The summed E-state index contributed by atoms with van der Waals surface area (Å²) >= 11 is 0. The number of morpholine rings is 1. The third-order valence-electron chi connectivity index (χ3n) is 6.19. The van der Waals surface area contributed by atoms with Crippen LogP contribution in [-0.4, -0.2) is 40.0 Å². The van der Waals surface area contributed by atoms with Crippen molar-refractivity contribution in [3.63, 3.8) is 0 Å². The van der Waals surface area contributed by atoms with Crippen molar-refractivity contribution in [1.82, 2.24) is 14.9 Å². The number of anilines is 1. The molecule has 2 aliphatic heterocycles. The molecule has 178 valence electrons. The monoisotopic (exact) mass is 476 g/mol. The van der Waals surface area contributed by atoms with Gasteiger partial charge in [0.2, 0.25) is 0 Å². The van der Waals surface area contributed by atoms with Gasteiger partial charge in [0.25, 0.3) is 5.91 Å². The van der Waals surface area contributed by atoms with Gasteiger partial charge < -0.3 is 20.1 Å². The zero-order valence-electron chi connectivity index (χ0n) is 18.0. The van der Waals surface area contributed by atoms with E-state index in [9.17, 15) is 18.0 Å². The summed E-state index contributed by atoms with van der Waals surface area (Å²) in [6.07, 6.45) is -3.51. The van der Waals surface area contributed by atoms with Crippen molar-refractivity contribution in [3.05, 3.63) is 64.2 Å². The largest absolute Gasteiger partial charge is 0.433 e. The molecular weight excluding hydrogens is 456 g/mol. The van der Waals surface area contributed by atoms with Gasteiger partial charge in [-0.25, -0.2) is 9.37 Å². The van der Waals surface area contributed by atoms with Gasteiger partial charge in [-0.3, -0.25) is 9.78 Å². The van der Waals surface area contributed by atoms with Crippen molar-refractivity contribution in [3.8, 4) is 0 Å². The Labute approximate surface area is 191 Å². The highest BCUT2D eigenvalue weighted by molar-refractivity contribution is 6.00. The summed E-state index contributed by atoms with van der Waals surface area (Å²) < 4.78 is 64.9. The highest BCUT2D eigenvalue weighted by Crippen LogP contribution is 2.35. The van der Waals surface area contributed by atoms with Crippen LogP contribution in [0.1, 0.15) is 45.7 Å². The molecule has 34 heavy (non-hydrogen) atoms. The molecule has 2 aromatic heterocycles. The van der Waals surface area contributed by atoms with Gasteiger partial charge in [0, 0.05) is 23.2 Å². The van der Waals surface area contributed by atoms with E-state index in [1.54, 1.807) is 6.92 Å². The fourth-order valence-electron chi connectivity index (χ4n) is 4.48. The Morgan fingerprint density at radius 1 is 1.15 bits per heavy atom. The quantitative estimate of drug-likeness (QED) is 0.563. The highest BCUT2D eigenvalue weighted by atomic mass is 19.4. The third-order valence-corrected chi connectivity index (χ3v) is 6.19. The van der Waals surface area contributed by atoms with Crippen LogP contribution in [0.2, 0.25) is 0 Å². The van der Waals surface area contributed by atoms with Crippen LogP contribution < -0.4 is 5.73 Å². The summed E-state index contributed by atoms with van der Waals surface area (Å²) in [5.74, 6) is -1.12. The van der Waals surface area contributed by atoms with E-state index in [0.29, 0.717) is 22.0 Å². The lowest BCUT2D eigenvalue weighted by Gasteiger charge is -2.40. The molecule has 1 saturated heterocycles. The first-order valence-corrected chi connectivity index (χ1v) is 10.6. The number of halogens is 4. The Morgan fingerprint density at radius 3 is 2.62 bits per heavy atom. The van der Waals surface area contributed by atoms with Crippen LogP contribution >= 0.6 is 0 Å². The van der Waals surface area contributed by atoms with Crippen molar-refractivity contribution >= 4 is 22.6 Å². The van der Waals surface area contributed by atoms with E-state index in [-0.39, 0.29) is 37.8 Å². The van der Waals surface area contributed by atoms with E-state index in [2.05, 4.69) is 9.97 Å². The second-order valence-electron chi connectivity index (χ2n) is 8.39. The van der Waals surface area contributed by atoms with Crippen LogP contribution in [0.25, 0.3) is 10.9 Å². The predicted octanol–water partition coefficient (Wildman–Crippen LogP) is 4.00. The van der Waals surface area contributed by atoms with E-state index in [1.807, 2.05) is 0 Å². The van der Waals surface area contributed by atoms with E-state index in [4.69, 9.17) is 15.2 Å². The van der Waals surface area contributed by atoms with Gasteiger partial charge in [-0.2, -0.15) is 13.2 Å². The smallest absolute Gasteiger partial charge is 0.383 e. The molecule has 1 amide bonds. The van der Waals surface area contributed by atoms with Crippen LogP contribution in [0.5, 0.6) is 0 Å². The van der Waals surface area contributed by atoms with Crippen molar-refractivity contribution in [2.45, 2.75) is 38.4 Å². The van der Waals surface area contributed by atoms with Crippen molar-refractivity contribution in [2.75, 3.05) is 18.9 Å². The molecule has 0 unspecified atom stereocenters. The van der Waals surface area contributed by atoms with Gasteiger partial charge in [0.05, 0.1) is 49.6 Å². The average molecular weight is 476 g/mol. The number of carbonyl (C=O) groups is 1. The van der Waals surface area contributed by atoms with Crippen LogP contribution in [0.3, 0.4) is 0 Å².